The van der Waals surface area contributed by atoms with E-state index in [1.54, 1.807) is 6.92 Å². The zero-order valence-corrected chi connectivity index (χ0v) is 19.9. The molecule has 0 saturated carbocycles. The van der Waals surface area contributed by atoms with Crippen LogP contribution in [0.25, 0.3) is 0 Å². The average Bonchev–Trinajstić information content (AvgIpc) is 2.68. The first-order chi connectivity index (χ1) is 13.0. The number of likely N-dealkylation sites (tertiary alicyclic amines) is 1. The Kier molecular flexibility index (Phi) is 11.8. The maximum absolute atomic E-state index is 11.4. The molecule has 0 amide bonds. The summed E-state index contributed by atoms with van der Waals surface area (Å²) in [6.45, 7) is 7.30. The second-order valence-electron chi connectivity index (χ2n) is 6.50. The van der Waals surface area contributed by atoms with Gasteiger partial charge in [-0.05, 0) is 32.4 Å². The summed E-state index contributed by atoms with van der Waals surface area (Å²) in [6.07, 6.45) is 2.82. The van der Waals surface area contributed by atoms with Crippen LogP contribution in [-0.2, 0) is 10.0 Å². The Morgan fingerprint density at radius 1 is 1.21 bits per heavy atom. The van der Waals surface area contributed by atoms with Crippen molar-refractivity contribution in [1.82, 2.24) is 14.9 Å². The fourth-order valence-electron chi connectivity index (χ4n) is 2.90. The predicted octanol–water partition coefficient (Wildman–Crippen LogP) is 2.44. The van der Waals surface area contributed by atoms with Crippen LogP contribution in [0.3, 0.4) is 0 Å². The first kappa shape index (κ1) is 25.0. The van der Waals surface area contributed by atoms with E-state index in [2.05, 4.69) is 26.9 Å². The second-order valence-corrected chi connectivity index (χ2v) is 8.60. The van der Waals surface area contributed by atoms with E-state index >= 15 is 0 Å². The standard InChI is InChI=1S/C19H32N4O3S.HI/c1-3-20-19(21-13-8-14-22-27(24,25)4-2)23-15-11-18(12-16-23)26-17-9-6-5-7-10-17;/h5-7,9-10,18,22H,3-4,8,11-16H2,1-2H3,(H,20,21);1H. The molecule has 2 N–H and O–H groups in total. The van der Waals surface area contributed by atoms with Crippen LogP contribution < -0.4 is 14.8 Å². The number of halogens is 1. The lowest BCUT2D eigenvalue weighted by Crippen LogP contribution is -2.47. The highest BCUT2D eigenvalue weighted by atomic mass is 127. The number of guanidine groups is 1. The zero-order valence-electron chi connectivity index (χ0n) is 16.8. The lowest BCUT2D eigenvalue weighted by Gasteiger charge is -2.34. The normalized spacial score (nSPS) is 15.8. The smallest absolute Gasteiger partial charge is 0.211 e. The van der Waals surface area contributed by atoms with E-state index in [0.717, 1.165) is 44.2 Å². The van der Waals surface area contributed by atoms with Gasteiger partial charge in [0.05, 0.1) is 5.75 Å². The van der Waals surface area contributed by atoms with E-state index in [9.17, 15) is 8.42 Å². The number of hydrogen-bond acceptors (Lipinski definition) is 4. The summed E-state index contributed by atoms with van der Waals surface area (Å²) in [5.74, 6) is 1.93. The van der Waals surface area contributed by atoms with E-state index in [1.807, 2.05) is 30.3 Å². The quantitative estimate of drug-likeness (QED) is 0.225. The van der Waals surface area contributed by atoms with Crippen molar-refractivity contribution in [3.8, 4) is 5.75 Å². The van der Waals surface area contributed by atoms with Gasteiger partial charge in [-0.2, -0.15) is 0 Å². The molecule has 1 aromatic carbocycles. The van der Waals surface area contributed by atoms with Gasteiger partial charge < -0.3 is 15.0 Å². The summed E-state index contributed by atoms with van der Waals surface area (Å²) < 4.78 is 31.5. The third-order valence-electron chi connectivity index (χ3n) is 4.42. The van der Waals surface area contributed by atoms with Crippen LogP contribution in [0.4, 0.5) is 0 Å². The van der Waals surface area contributed by atoms with Gasteiger partial charge >= 0.3 is 0 Å². The molecule has 1 fully saturated rings. The van der Waals surface area contributed by atoms with Crippen molar-refractivity contribution >= 4 is 40.0 Å². The number of nitrogens with zero attached hydrogens (tertiary/aromatic N) is 2. The highest BCUT2D eigenvalue weighted by Crippen LogP contribution is 2.18. The molecule has 1 aromatic rings. The van der Waals surface area contributed by atoms with Crippen molar-refractivity contribution in [3.05, 3.63) is 30.3 Å². The van der Waals surface area contributed by atoms with E-state index in [4.69, 9.17) is 4.74 Å². The summed E-state index contributed by atoms with van der Waals surface area (Å²) in [5, 5.41) is 3.33. The monoisotopic (exact) mass is 524 g/mol. The number of ether oxygens (including phenoxy) is 1. The number of para-hydroxylation sites is 1. The maximum Gasteiger partial charge on any atom is 0.211 e. The molecule has 0 atom stereocenters. The molecular weight excluding hydrogens is 491 g/mol. The minimum atomic E-state index is -3.12. The lowest BCUT2D eigenvalue weighted by molar-refractivity contribution is 0.129. The third-order valence-corrected chi connectivity index (χ3v) is 5.82. The van der Waals surface area contributed by atoms with Crippen LogP contribution in [0, 0.1) is 0 Å². The SMILES string of the molecule is CCNC(=NCCCNS(=O)(=O)CC)N1CCC(Oc2ccccc2)CC1.I. The van der Waals surface area contributed by atoms with E-state index in [1.165, 1.54) is 0 Å². The predicted molar refractivity (Wildman–Crippen MR) is 125 cm³/mol. The van der Waals surface area contributed by atoms with Gasteiger partial charge in [0, 0.05) is 45.6 Å². The van der Waals surface area contributed by atoms with Gasteiger partial charge in [-0.25, -0.2) is 13.1 Å². The van der Waals surface area contributed by atoms with Crippen LogP contribution in [0.1, 0.15) is 33.1 Å². The molecule has 1 aliphatic heterocycles. The average molecular weight is 524 g/mol. The molecule has 0 aliphatic carbocycles. The molecule has 0 aromatic heterocycles. The van der Waals surface area contributed by atoms with Gasteiger partial charge in [0.15, 0.2) is 5.96 Å². The number of sulfonamides is 1. The Morgan fingerprint density at radius 3 is 2.50 bits per heavy atom. The topological polar surface area (TPSA) is 83.0 Å². The minimum Gasteiger partial charge on any atom is -0.490 e. The second kappa shape index (κ2) is 13.2. The Bertz CT molecular complexity index is 678. The van der Waals surface area contributed by atoms with Crippen molar-refractivity contribution in [1.29, 1.82) is 0 Å². The molecule has 7 nitrogen and oxygen atoms in total. The number of hydrogen-bond donors (Lipinski definition) is 2. The third kappa shape index (κ3) is 8.95. The van der Waals surface area contributed by atoms with Crippen LogP contribution in [0.5, 0.6) is 5.75 Å². The summed E-state index contributed by atoms with van der Waals surface area (Å²) in [4.78, 5) is 6.90. The minimum absolute atomic E-state index is 0. The largest absolute Gasteiger partial charge is 0.490 e. The summed E-state index contributed by atoms with van der Waals surface area (Å²) in [6, 6.07) is 9.94. The molecule has 0 spiro atoms. The van der Waals surface area contributed by atoms with Gasteiger partial charge in [0.1, 0.15) is 11.9 Å². The number of piperidine rings is 1. The van der Waals surface area contributed by atoms with E-state index in [0.29, 0.717) is 19.5 Å². The number of benzene rings is 1. The molecule has 28 heavy (non-hydrogen) atoms. The molecule has 0 radical (unpaired) electrons. The van der Waals surface area contributed by atoms with E-state index in [-0.39, 0.29) is 35.8 Å². The number of aliphatic imine (C=N–C) groups is 1. The fourth-order valence-corrected chi connectivity index (χ4v) is 3.56. The lowest BCUT2D eigenvalue weighted by atomic mass is 10.1. The summed E-state index contributed by atoms with van der Waals surface area (Å²) in [7, 11) is -3.12. The molecule has 160 valence electrons. The highest BCUT2D eigenvalue weighted by Gasteiger charge is 2.22. The van der Waals surface area contributed by atoms with Crippen molar-refractivity contribution in [2.45, 2.75) is 39.2 Å². The first-order valence-electron chi connectivity index (χ1n) is 9.76. The number of nitrogens with one attached hydrogen (secondary N) is 2. The molecule has 0 bridgehead atoms. The molecule has 1 saturated heterocycles. The van der Waals surface area contributed by atoms with Crippen LogP contribution in [0.15, 0.2) is 35.3 Å². The molecule has 2 rings (SSSR count). The maximum atomic E-state index is 11.4. The first-order valence-corrected chi connectivity index (χ1v) is 11.4. The number of rotatable bonds is 9. The van der Waals surface area contributed by atoms with Gasteiger partial charge in [0.25, 0.3) is 0 Å². The van der Waals surface area contributed by atoms with Gasteiger partial charge in [0.2, 0.25) is 10.0 Å². The zero-order chi connectivity index (χ0) is 19.5. The van der Waals surface area contributed by atoms with Crippen molar-refractivity contribution < 1.29 is 13.2 Å². The van der Waals surface area contributed by atoms with Crippen LogP contribution in [0.2, 0.25) is 0 Å². The molecule has 0 unspecified atom stereocenters. The van der Waals surface area contributed by atoms with Gasteiger partial charge in [-0.3, -0.25) is 4.99 Å². The van der Waals surface area contributed by atoms with Gasteiger partial charge in [-0.15, -0.1) is 24.0 Å². The summed E-state index contributed by atoms with van der Waals surface area (Å²) >= 11 is 0. The molecule has 1 aliphatic rings. The highest BCUT2D eigenvalue weighted by molar-refractivity contribution is 14.0. The fraction of sp³-hybridized carbons (Fsp3) is 0.632. The Hall–Kier alpha value is -1.07. The Labute approximate surface area is 186 Å². The molecule has 9 heteroatoms. The van der Waals surface area contributed by atoms with Gasteiger partial charge in [-0.1, -0.05) is 18.2 Å². The van der Waals surface area contributed by atoms with Crippen LogP contribution in [-0.4, -0.2) is 63.9 Å². The van der Waals surface area contributed by atoms with E-state index < -0.39 is 10.0 Å². The summed E-state index contributed by atoms with van der Waals surface area (Å²) in [5.41, 5.74) is 0. The van der Waals surface area contributed by atoms with Crippen LogP contribution >= 0.6 is 24.0 Å². The van der Waals surface area contributed by atoms with Crippen molar-refractivity contribution in [2.24, 2.45) is 4.99 Å². The molecular formula is C19H33IN4O3S. The Morgan fingerprint density at radius 2 is 1.89 bits per heavy atom. The van der Waals surface area contributed by atoms with Crippen molar-refractivity contribution in [2.75, 3.05) is 38.5 Å². The Balaban J connectivity index is 0.00000392. The van der Waals surface area contributed by atoms with Crippen molar-refractivity contribution in [3.63, 3.8) is 0 Å². The molecule has 1 heterocycles.